The van der Waals surface area contributed by atoms with Crippen LogP contribution in [0.3, 0.4) is 0 Å². The number of rotatable bonds is 4. The molecule has 6 nitrogen and oxygen atoms in total. The second-order valence-electron chi connectivity index (χ2n) is 8.47. The van der Waals surface area contributed by atoms with E-state index < -0.39 is 0 Å². The Hall–Kier alpha value is -2.63. The van der Waals surface area contributed by atoms with Crippen LogP contribution in [0.25, 0.3) is 10.9 Å². The molecule has 29 heavy (non-hydrogen) atoms. The van der Waals surface area contributed by atoms with Crippen LogP contribution in [-0.4, -0.2) is 40.3 Å². The molecular formula is C23H29N3O3. The second-order valence-corrected chi connectivity index (χ2v) is 8.47. The number of hydrogen-bond donors (Lipinski definition) is 2. The number of aromatic amines is 1. The van der Waals surface area contributed by atoms with Crippen LogP contribution in [0.1, 0.15) is 56.1 Å². The number of H-pyrrole nitrogens is 1. The summed E-state index contributed by atoms with van der Waals surface area (Å²) >= 11 is 0. The van der Waals surface area contributed by atoms with Crippen LogP contribution in [0.15, 0.2) is 29.1 Å². The molecule has 0 radical (unpaired) electrons. The number of nitrogens with zero attached hydrogens (tertiary/aromatic N) is 1. The van der Waals surface area contributed by atoms with Gasteiger partial charge in [0.2, 0.25) is 11.8 Å². The molecule has 2 heterocycles. The number of amides is 2. The fourth-order valence-electron chi connectivity index (χ4n) is 4.63. The van der Waals surface area contributed by atoms with Gasteiger partial charge in [-0.2, -0.15) is 0 Å². The third kappa shape index (κ3) is 4.36. The number of likely N-dealkylation sites (tertiary alicyclic amines) is 1. The first kappa shape index (κ1) is 19.7. The van der Waals surface area contributed by atoms with Crippen molar-refractivity contribution in [2.75, 3.05) is 6.54 Å². The highest BCUT2D eigenvalue weighted by Crippen LogP contribution is 2.22. The van der Waals surface area contributed by atoms with Crippen LogP contribution >= 0.6 is 0 Å². The maximum atomic E-state index is 13.0. The van der Waals surface area contributed by atoms with Crippen LogP contribution in [0.2, 0.25) is 0 Å². The van der Waals surface area contributed by atoms with Crippen molar-refractivity contribution >= 4 is 22.7 Å². The molecule has 2 aliphatic rings. The lowest BCUT2D eigenvalue weighted by molar-refractivity contribution is -0.138. The van der Waals surface area contributed by atoms with Gasteiger partial charge < -0.3 is 15.2 Å². The summed E-state index contributed by atoms with van der Waals surface area (Å²) in [7, 11) is 0. The van der Waals surface area contributed by atoms with E-state index in [0.29, 0.717) is 12.1 Å². The molecule has 154 valence electrons. The van der Waals surface area contributed by atoms with Crippen molar-refractivity contribution in [2.24, 2.45) is 0 Å². The highest BCUT2D eigenvalue weighted by Gasteiger charge is 2.34. The number of carbonyl (C=O) groups excluding carboxylic acids is 2. The molecular weight excluding hydrogens is 366 g/mol. The average molecular weight is 396 g/mol. The second kappa shape index (κ2) is 8.39. The largest absolute Gasteiger partial charge is 0.352 e. The van der Waals surface area contributed by atoms with Gasteiger partial charge in [-0.3, -0.25) is 14.4 Å². The fraction of sp³-hybridized carbons (Fsp3) is 0.522. The van der Waals surface area contributed by atoms with E-state index in [2.05, 4.69) is 10.3 Å². The van der Waals surface area contributed by atoms with Gasteiger partial charge in [0.15, 0.2) is 0 Å². The molecule has 1 aromatic carbocycles. The number of carbonyl (C=O) groups is 2. The molecule has 6 heteroatoms. The number of nitrogens with one attached hydrogen (secondary N) is 2. The van der Waals surface area contributed by atoms with Crippen molar-refractivity contribution in [2.45, 2.75) is 70.4 Å². The summed E-state index contributed by atoms with van der Waals surface area (Å²) < 4.78 is 0. The van der Waals surface area contributed by atoms with Gasteiger partial charge in [0.05, 0.1) is 6.42 Å². The van der Waals surface area contributed by atoms with Crippen molar-refractivity contribution in [3.63, 3.8) is 0 Å². The van der Waals surface area contributed by atoms with Gasteiger partial charge in [-0.1, -0.05) is 25.3 Å². The van der Waals surface area contributed by atoms with Gasteiger partial charge in [0.25, 0.3) is 5.56 Å². The Morgan fingerprint density at radius 3 is 2.69 bits per heavy atom. The molecule has 0 spiro atoms. The molecule has 4 rings (SSSR count). The van der Waals surface area contributed by atoms with E-state index in [9.17, 15) is 14.4 Å². The minimum absolute atomic E-state index is 0.00760. The zero-order valence-corrected chi connectivity index (χ0v) is 17.0. The van der Waals surface area contributed by atoms with Crippen molar-refractivity contribution in [1.82, 2.24) is 15.2 Å². The molecule has 0 bridgehead atoms. The first-order valence-corrected chi connectivity index (χ1v) is 10.7. The number of benzene rings is 1. The van der Waals surface area contributed by atoms with E-state index in [0.717, 1.165) is 42.1 Å². The van der Waals surface area contributed by atoms with Gasteiger partial charge in [0, 0.05) is 23.7 Å². The van der Waals surface area contributed by atoms with Crippen molar-refractivity contribution in [1.29, 1.82) is 0 Å². The summed E-state index contributed by atoms with van der Waals surface area (Å²) in [4.78, 5) is 42.1. The average Bonchev–Trinajstić information content (AvgIpc) is 3.20. The Morgan fingerprint density at radius 2 is 1.90 bits per heavy atom. The summed E-state index contributed by atoms with van der Waals surface area (Å²) in [5.41, 5.74) is 2.22. The SMILES string of the molecule is Cc1cc2cc(CC(=O)N3CCC[C@H]3C(=O)NC3CCCCC3)ccc2[nH]c1=O. The van der Waals surface area contributed by atoms with Crippen LogP contribution in [0.4, 0.5) is 0 Å². The molecule has 2 N–H and O–H groups in total. The van der Waals surface area contributed by atoms with E-state index in [1.54, 1.807) is 11.8 Å². The van der Waals surface area contributed by atoms with Crippen molar-refractivity contribution < 1.29 is 9.59 Å². The molecule has 2 amide bonds. The molecule has 2 fully saturated rings. The smallest absolute Gasteiger partial charge is 0.251 e. The summed E-state index contributed by atoms with van der Waals surface area (Å²) in [6.07, 6.45) is 7.56. The topological polar surface area (TPSA) is 82.3 Å². The maximum absolute atomic E-state index is 13.0. The predicted octanol–water partition coefficient (Wildman–Crippen LogP) is 2.82. The monoisotopic (exact) mass is 395 g/mol. The Balaban J connectivity index is 1.44. The van der Waals surface area contributed by atoms with Crippen LogP contribution in [-0.2, 0) is 16.0 Å². The van der Waals surface area contributed by atoms with Gasteiger partial charge in [-0.25, -0.2) is 0 Å². The summed E-state index contributed by atoms with van der Waals surface area (Å²) in [6, 6.07) is 7.43. The quantitative estimate of drug-likeness (QED) is 0.835. The summed E-state index contributed by atoms with van der Waals surface area (Å²) in [6.45, 7) is 2.41. The lowest BCUT2D eigenvalue weighted by Gasteiger charge is -2.28. The standard InChI is InChI=1S/C23H29N3O3/c1-15-12-17-13-16(9-10-19(17)25-22(15)28)14-21(27)26-11-5-8-20(26)23(29)24-18-6-3-2-4-7-18/h9-10,12-13,18,20H,2-8,11,14H2,1H3,(H,24,29)(H,25,28)/t20-/m0/s1. The normalized spacial score (nSPS) is 20.2. The Bertz CT molecular complexity index is 975. The highest BCUT2D eigenvalue weighted by molar-refractivity contribution is 5.90. The minimum Gasteiger partial charge on any atom is -0.352 e. The van der Waals surface area contributed by atoms with E-state index in [-0.39, 0.29) is 35.9 Å². The van der Waals surface area contributed by atoms with E-state index >= 15 is 0 Å². The Morgan fingerprint density at radius 1 is 1.10 bits per heavy atom. The highest BCUT2D eigenvalue weighted by atomic mass is 16.2. The molecule has 2 aromatic rings. The zero-order valence-electron chi connectivity index (χ0n) is 17.0. The van der Waals surface area contributed by atoms with Crippen molar-refractivity contribution in [3.8, 4) is 0 Å². The number of pyridine rings is 1. The van der Waals surface area contributed by atoms with Gasteiger partial charge >= 0.3 is 0 Å². The maximum Gasteiger partial charge on any atom is 0.251 e. The number of hydrogen-bond acceptors (Lipinski definition) is 3. The van der Waals surface area contributed by atoms with Crippen molar-refractivity contribution in [3.05, 3.63) is 45.7 Å². The lowest BCUT2D eigenvalue weighted by atomic mass is 9.95. The molecule has 1 aliphatic heterocycles. The molecule has 1 aromatic heterocycles. The molecule has 1 aliphatic carbocycles. The Labute approximate surface area is 170 Å². The Kier molecular flexibility index (Phi) is 5.69. The molecule has 1 atom stereocenters. The van der Waals surface area contributed by atoms with Crippen LogP contribution in [0.5, 0.6) is 0 Å². The minimum atomic E-state index is -0.344. The summed E-state index contributed by atoms with van der Waals surface area (Å²) in [5.74, 6) is 0.00116. The van der Waals surface area contributed by atoms with Crippen LogP contribution < -0.4 is 10.9 Å². The fourth-order valence-corrected chi connectivity index (χ4v) is 4.63. The van der Waals surface area contributed by atoms with Gasteiger partial charge in [-0.05, 0) is 61.8 Å². The molecule has 1 saturated heterocycles. The van der Waals surface area contributed by atoms with Crippen LogP contribution in [0, 0.1) is 6.92 Å². The molecule has 1 saturated carbocycles. The third-order valence-corrected chi connectivity index (χ3v) is 6.28. The lowest BCUT2D eigenvalue weighted by Crippen LogP contribution is -2.49. The summed E-state index contributed by atoms with van der Waals surface area (Å²) in [5, 5.41) is 4.10. The molecule has 0 unspecified atom stereocenters. The van der Waals surface area contributed by atoms with Gasteiger partial charge in [-0.15, -0.1) is 0 Å². The van der Waals surface area contributed by atoms with E-state index in [1.165, 1.54) is 19.3 Å². The predicted molar refractivity (Wildman–Crippen MR) is 113 cm³/mol. The zero-order chi connectivity index (χ0) is 20.4. The van der Waals surface area contributed by atoms with E-state index in [4.69, 9.17) is 0 Å². The first-order valence-electron chi connectivity index (χ1n) is 10.7. The van der Waals surface area contributed by atoms with Gasteiger partial charge in [0.1, 0.15) is 6.04 Å². The number of fused-ring (bicyclic) bond motifs is 1. The number of aromatic nitrogens is 1. The number of aryl methyl sites for hydroxylation is 1. The third-order valence-electron chi connectivity index (χ3n) is 6.28. The first-order chi connectivity index (χ1) is 14.0. The van der Waals surface area contributed by atoms with E-state index in [1.807, 2.05) is 24.3 Å².